The summed E-state index contributed by atoms with van der Waals surface area (Å²) in [7, 11) is 0. The summed E-state index contributed by atoms with van der Waals surface area (Å²) in [6.45, 7) is 0. The van der Waals surface area contributed by atoms with Crippen LogP contribution in [0.5, 0.6) is 0 Å². The third-order valence-corrected chi connectivity index (χ3v) is 7.65. The van der Waals surface area contributed by atoms with Crippen molar-refractivity contribution in [1.29, 1.82) is 0 Å². The Morgan fingerprint density at radius 1 is 0.895 bits per heavy atom. The minimum atomic E-state index is -0.824. The summed E-state index contributed by atoms with van der Waals surface area (Å²) in [4.78, 5) is 45.9. The van der Waals surface area contributed by atoms with Gasteiger partial charge < -0.3 is 15.5 Å². The second kappa shape index (κ2) is 14.0. The first-order chi connectivity index (χ1) is 18.5. The molecule has 0 bridgehead atoms. The van der Waals surface area contributed by atoms with Crippen LogP contribution in [0.2, 0.25) is 0 Å². The maximum Gasteiger partial charge on any atom is 0.247 e. The Bertz CT molecular complexity index is 1050. The topological polar surface area (TPSA) is 91.4 Å². The summed E-state index contributed by atoms with van der Waals surface area (Å²) in [5.74, 6) is -0.449. The first-order valence-corrected chi connectivity index (χ1v) is 14.1. The predicted molar refractivity (Wildman–Crippen MR) is 145 cm³/mol. The first kappa shape index (κ1) is 27.7. The van der Waals surface area contributed by atoms with E-state index in [1.165, 1.54) is 18.6 Å². The van der Waals surface area contributed by atoms with E-state index in [9.17, 15) is 18.8 Å². The third-order valence-electron chi connectivity index (χ3n) is 7.65. The molecule has 0 spiro atoms. The third kappa shape index (κ3) is 7.85. The van der Waals surface area contributed by atoms with Crippen molar-refractivity contribution in [3.8, 4) is 0 Å². The number of carbonyl (C=O) groups is 3. The molecule has 8 heteroatoms. The van der Waals surface area contributed by atoms with E-state index in [1.54, 1.807) is 41.4 Å². The van der Waals surface area contributed by atoms with Gasteiger partial charge in [0.1, 0.15) is 17.7 Å². The molecule has 1 heterocycles. The molecule has 3 amide bonds. The van der Waals surface area contributed by atoms with Crippen molar-refractivity contribution in [2.45, 2.75) is 102 Å². The molecule has 0 unspecified atom stereocenters. The molecular weight excluding hydrogens is 483 g/mol. The maximum atomic E-state index is 13.8. The fraction of sp³-hybridized carbons (Fsp3) is 0.533. The van der Waals surface area contributed by atoms with Gasteiger partial charge in [-0.3, -0.25) is 14.4 Å². The number of benzene rings is 1. The molecule has 2 aliphatic rings. The van der Waals surface area contributed by atoms with Gasteiger partial charge in [-0.25, -0.2) is 9.37 Å². The van der Waals surface area contributed by atoms with Crippen molar-refractivity contribution in [3.63, 3.8) is 0 Å². The van der Waals surface area contributed by atoms with Crippen molar-refractivity contribution in [2.75, 3.05) is 5.32 Å². The van der Waals surface area contributed by atoms with Crippen molar-refractivity contribution in [3.05, 3.63) is 60.0 Å². The number of rotatable bonds is 10. The highest BCUT2D eigenvalue weighted by atomic mass is 19.1. The van der Waals surface area contributed by atoms with E-state index >= 15 is 0 Å². The molecule has 1 aromatic heterocycles. The highest BCUT2D eigenvalue weighted by Gasteiger charge is 2.37. The molecule has 0 aliphatic heterocycles. The van der Waals surface area contributed by atoms with Gasteiger partial charge in [0.25, 0.3) is 0 Å². The van der Waals surface area contributed by atoms with Crippen LogP contribution in [0.15, 0.2) is 48.7 Å². The van der Waals surface area contributed by atoms with E-state index in [1.807, 2.05) is 0 Å². The molecule has 0 radical (unpaired) electrons. The summed E-state index contributed by atoms with van der Waals surface area (Å²) < 4.78 is 13.8. The second-order valence-electron chi connectivity index (χ2n) is 10.5. The lowest BCUT2D eigenvalue weighted by atomic mass is 9.90. The van der Waals surface area contributed by atoms with Crippen LogP contribution in [0.3, 0.4) is 0 Å². The average Bonchev–Trinajstić information content (AvgIpc) is 2.94. The minimum absolute atomic E-state index is 0.0641. The number of anilines is 1. The molecule has 2 N–H and O–H groups in total. The van der Waals surface area contributed by atoms with Gasteiger partial charge in [-0.1, -0.05) is 56.7 Å². The van der Waals surface area contributed by atoms with E-state index in [2.05, 4.69) is 15.6 Å². The van der Waals surface area contributed by atoms with Gasteiger partial charge in [0, 0.05) is 31.1 Å². The highest BCUT2D eigenvalue weighted by Crippen LogP contribution is 2.32. The number of amides is 3. The standard InChI is InChI=1S/C30H39FN4O3/c31-23-19-17-22(18-20-23)29(30(38)33-24-10-3-1-4-11-24)35(25-12-5-2-6-13-25)28(37)16-9-15-27(36)34-26-14-7-8-21-32-26/h7-8,14,17-21,24-25,29H,1-6,9-13,15-16H2,(H,33,38)(H,32,34,36)/t29-/m0/s1. The van der Waals surface area contributed by atoms with Gasteiger partial charge in [-0.2, -0.15) is 0 Å². The number of hydrogen-bond acceptors (Lipinski definition) is 4. The molecule has 1 atom stereocenters. The first-order valence-electron chi connectivity index (χ1n) is 14.1. The number of hydrogen-bond donors (Lipinski definition) is 2. The number of nitrogens with one attached hydrogen (secondary N) is 2. The molecule has 0 saturated heterocycles. The van der Waals surface area contributed by atoms with Crippen molar-refractivity contribution in [2.24, 2.45) is 0 Å². The molecule has 7 nitrogen and oxygen atoms in total. The van der Waals surface area contributed by atoms with Crippen LogP contribution in [0.4, 0.5) is 10.2 Å². The summed E-state index contributed by atoms with van der Waals surface area (Å²) in [6.07, 6.45) is 12.3. The number of pyridine rings is 1. The lowest BCUT2D eigenvalue weighted by Gasteiger charge is -2.40. The van der Waals surface area contributed by atoms with E-state index in [0.29, 0.717) is 17.8 Å². The van der Waals surface area contributed by atoms with Crippen LogP contribution in [-0.4, -0.2) is 39.7 Å². The zero-order chi connectivity index (χ0) is 26.7. The van der Waals surface area contributed by atoms with Gasteiger partial charge in [-0.15, -0.1) is 0 Å². The Balaban J connectivity index is 1.50. The summed E-state index contributed by atoms with van der Waals surface area (Å²) in [5, 5.41) is 5.96. The number of aromatic nitrogens is 1. The van der Waals surface area contributed by atoms with Gasteiger partial charge in [-0.05, 0) is 61.9 Å². The fourth-order valence-electron chi connectivity index (χ4n) is 5.70. The zero-order valence-electron chi connectivity index (χ0n) is 22.0. The second-order valence-corrected chi connectivity index (χ2v) is 10.5. The van der Waals surface area contributed by atoms with Crippen LogP contribution < -0.4 is 10.6 Å². The fourth-order valence-corrected chi connectivity index (χ4v) is 5.70. The monoisotopic (exact) mass is 522 g/mol. The van der Waals surface area contributed by atoms with Gasteiger partial charge in [0.2, 0.25) is 17.7 Å². The lowest BCUT2D eigenvalue weighted by Crippen LogP contribution is -2.51. The molecular formula is C30H39FN4O3. The van der Waals surface area contributed by atoms with Crippen molar-refractivity contribution >= 4 is 23.5 Å². The quantitative estimate of drug-likeness (QED) is 0.420. The molecule has 2 fully saturated rings. The molecule has 204 valence electrons. The van der Waals surface area contributed by atoms with Crippen LogP contribution in [0.1, 0.15) is 95.1 Å². The van der Waals surface area contributed by atoms with Crippen LogP contribution in [0, 0.1) is 5.82 Å². The molecule has 4 rings (SSSR count). The Labute approximate surface area is 224 Å². The normalized spacial score (nSPS) is 17.4. The van der Waals surface area contributed by atoms with Gasteiger partial charge in [0.05, 0.1) is 0 Å². The molecule has 2 aliphatic carbocycles. The Hall–Kier alpha value is -3.29. The molecule has 2 saturated carbocycles. The predicted octanol–water partition coefficient (Wildman–Crippen LogP) is 5.68. The number of halogens is 1. The molecule has 38 heavy (non-hydrogen) atoms. The summed E-state index contributed by atoms with van der Waals surface area (Å²) in [5.41, 5.74) is 0.617. The van der Waals surface area contributed by atoms with Gasteiger partial charge in [0.15, 0.2) is 0 Å². The number of nitrogens with zero attached hydrogens (tertiary/aromatic N) is 2. The Kier molecular flexibility index (Phi) is 10.2. The smallest absolute Gasteiger partial charge is 0.247 e. The summed E-state index contributed by atoms with van der Waals surface area (Å²) >= 11 is 0. The van der Waals surface area contributed by atoms with E-state index in [0.717, 1.165) is 57.8 Å². The average molecular weight is 523 g/mol. The largest absolute Gasteiger partial charge is 0.351 e. The lowest BCUT2D eigenvalue weighted by molar-refractivity contribution is -0.145. The van der Waals surface area contributed by atoms with E-state index < -0.39 is 6.04 Å². The summed E-state index contributed by atoms with van der Waals surface area (Å²) in [6, 6.07) is 10.4. The van der Waals surface area contributed by atoms with E-state index in [4.69, 9.17) is 0 Å². The Morgan fingerprint density at radius 3 is 2.24 bits per heavy atom. The highest BCUT2D eigenvalue weighted by molar-refractivity contribution is 5.91. The van der Waals surface area contributed by atoms with Crippen molar-refractivity contribution < 1.29 is 18.8 Å². The Morgan fingerprint density at radius 2 is 1.58 bits per heavy atom. The number of carbonyl (C=O) groups excluding carboxylic acids is 3. The van der Waals surface area contributed by atoms with Crippen LogP contribution in [-0.2, 0) is 14.4 Å². The van der Waals surface area contributed by atoms with Gasteiger partial charge >= 0.3 is 0 Å². The zero-order valence-corrected chi connectivity index (χ0v) is 22.0. The minimum Gasteiger partial charge on any atom is -0.351 e. The SMILES string of the molecule is O=C(CCCC(=O)N(C1CCCCC1)[C@H](C(=O)NC1CCCCC1)c1ccc(F)cc1)Nc1ccccn1. The maximum absolute atomic E-state index is 13.8. The van der Waals surface area contributed by atoms with E-state index in [-0.39, 0.29) is 48.5 Å². The molecule has 2 aromatic rings. The van der Waals surface area contributed by atoms with Crippen molar-refractivity contribution in [1.82, 2.24) is 15.2 Å². The molecule has 1 aromatic carbocycles. The van der Waals surface area contributed by atoms with Crippen LogP contribution >= 0.6 is 0 Å². The van der Waals surface area contributed by atoms with Crippen LogP contribution in [0.25, 0.3) is 0 Å².